The van der Waals surface area contributed by atoms with Gasteiger partial charge in [-0.05, 0) is 30.9 Å². The molecule has 5 heteroatoms. The molecule has 1 atom stereocenters. The fourth-order valence-corrected chi connectivity index (χ4v) is 4.05. The van der Waals surface area contributed by atoms with Crippen molar-refractivity contribution >= 4 is 10.2 Å². The number of benzene rings is 1. The van der Waals surface area contributed by atoms with Crippen LogP contribution in [0, 0.1) is 6.92 Å². The van der Waals surface area contributed by atoms with Crippen molar-refractivity contribution in [3.05, 3.63) is 34.9 Å². The van der Waals surface area contributed by atoms with Gasteiger partial charge in [-0.1, -0.05) is 30.7 Å². The number of fused-ring (bicyclic) bond motifs is 1. The van der Waals surface area contributed by atoms with Crippen LogP contribution in [0.2, 0.25) is 0 Å². The van der Waals surface area contributed by atoms with Gasteiger partial charge in [0, 0.05) is 20.6 Å². The Hall–Kier alpha value is -0.910. The molecule has 1 aromatic rings. The van der Waals surface area contributed by atoms with Crippen LogP contribution in [0.3, 0.4) is 0 Å². The highest BCUT2D eigenvalue weighted by molar-refractivity contribution is 7.86. The number of rotatable bonds is 3. The molecule has 0 spiro atoms. The van der Waals surface area contributed by atoms with Gasteiger partial charge in [-0.25, -0.2) is 0 Å². The van der Waals surface area contributed by atoms with Gasteiger partial charge < -0.3 is 0 Å². The van der Waals surface area contributed by atoms with Gasteiger partial charge >= 0.3 is 0 Å². The Morgan fingerprint density at radius 1 is 1.37 bits per heavy atom. The van der Waals surface area contributed by atoms with E-state index in [0.717, 1.165) is 18.4 Å². The molecule has 0 radical (unpaired) electrons. The van der Waals surface area contributed by atoms with Gasteiger partial charge in [0.25, 0.3) is 10.2 Å². The predicted octanol–water partition coefficient (Wildman–Crippen LogP) is 2.11. The van der Waals surface area contributed by atoms with Crippen LogP contribution < -0.4 is 0 Å². The second kappa shape index (κ2) is 5.23. The van der Waals surface area contributed by atoms with Gasteiger partial charge in [0.1, 0.15) is 0 Å². The molecule has 1 heterocycles. The lowest BCUT2D eigenvalue weighted by Gasteiger charge is -2.37. The van der Waals surface area contributed by atoms with Crippen molar-refractivity contribution < 1.29 is 8.42 Å². The highest BCUT2D eigenvalue weighted by Crippen LogP contribution is 2.34. The lowest BCUT2D eigenvalue weighted by molar-refractivity contribution is 0.282. The average Bonchev–Trinajstić information content (AvgIpc) is 2.36. The zero-order valence-electron chi connectivity index (χ0n) is 12.0. The van der Waals surface area contributed by atoms with Gasteiger partial charge in [-0.3, -0.25) is 0 Å². The summed E-state index contributed by atoms with van der Waals surface area (Å²) in [6, 6.07) is 6.28. The number of hydrogen-bond acceptors (Lipinski definition) is 2. The van der Waals surface area contributed by atoms with E-state index in [4.69, 9.17) is 0 Å². The Kier molecular flexibility index (Phi) is 3.99. The third kappa shape index (κ3) is 2.55. The van der Waals surface area contributed by atoms with E-state index in [1.165, 1.54) is 15.4 Å². The van der Waals surface area contributed by atoms with E-state index < -0.39 is 10.2 Å². The van der Waals surface area contributed by atoms with Gasteiger partial charge in [0.2, 0.25) is 0 Å². The molecule has 0 bridgehead atoms. The molecule has 0 fully saturated rings. The molecule has 0 saturated heterocycles. The standard InChI is InChI=1S/C14H22N2O2S/c1-5-14-13-7-6-11(2)10-12(13)8-9-16(14)19(17,18)15(3)4/h6-7,10,14H,5,8-9H2,1-4H3. The molecule has 2 rings (SSSR count). The van der Waals surface area contributed by atoms with Crippen molar-refractivity contribution in [1.82, 2.24) is 8.61 Å². The summed E-state index contributed by atoms with van der Waals surface area (Å²) in [6.45, 7) is 4.68. The predicted molar refractivity (Wildman–Crippen MR) is 77.2 cm³/mol. The highest BCUT2D eigenvalue weighted by Gasteiger charge is 2.35. The van der Waals surface area contributed by atoms with Crippen molar-refractivity contribution in [1.29, 1.82) is 0 Å². The smallest absolute Gasteiger partial charge is 0.195 e. The van der Waals surface area contributed by atoms with E-state index in [9.17, 15) is 8.42 Å². The number of nitrogens with zero attached hydrogens (tertiary/aromatic N) is 2. The fourth-order valence-electron chi connectivity index (χ4n) is 2.73. The third-order valence-electron chi connectivity index (χ3n) is 3.75. The van der Waals surface area contributed by atoms with Crippen molar-refractivity contribution in [3.63, 3.8) is 0 Å². The molecular weight excluding hydrogens is 260 g/mol. The van der Waals surface area contributed by atoms with Crippen molar-refractivity contribution in [2.45, 2.75) is 32.7 Å². The topological polar surface area (TPSA) is 40.6 Å². The number of aryl methyl sites for hydroxylation is 1. The summed E-state index contributed by atoms with van der Waals surface area (Å²) < 4.78 is 27.7. The maximum Gasteiger partial charge on any atom is 0.282 e. The quantitative estimate of drug-likeness (QED) is 0.852. The Labute approximate surface area is 116 Å². The van der Waals surface area contributed by atoms with Crippen LogP contribution >= 0.6 is 0 Å². The minimum absolute atomic E-state index is 0.0447. The first-order valence-electron chi connectivity index (χ1n) is 6.66. The largest absolute Gasteiger partial charge is 0.282 e. The van der Waals surface area contributed by atoms with Crippen molar-refractivity contribution in [2.75, 3.05) is 20.6 Å². The summed E-state index contributed by atoms with van der Waals surface area (Å²) in [4.78, 5) is 0. The fraction of sp³-hybridized carbons (Fsp3) is 0.571. The van der Waals surface area contributed by atoms with Crippen LogP contribution in [-0.4, -0.2) is 37.7 Å². The van der Waals surface area contributed by atoms with E-state index in [0.29, 0.717) is 6.54 Å². The first-order chi connectivity index (χ1) is 8.87. The van der Waals surface area contributed by atoms with Gasteiger partial charge in [0.05, 0.1) is 6.04 Å². The maximum atomic E-state index is 12.4. The lowest BCUT2D eigenvalue weighted by atomic mass is 9.91. The second-order valence-corrected chi connectivity index (χ2v) is 7.37. The van der Waals surface area contributed by atoms with Crippen LogP contribution in [0.4, 0.5) is 0 Å². The lowest BCUT2D eigenvalue weighted by Crippen LogP contribution is -2.45. The molecule has 1 aliphatic heterocycles. The summed E-state index contributed by atoms with van der Waals surface area (Å²) in [5.74, 6) is 0. The molecule has 0 saturated carbocycles. The van der Waals surface area contributed by atoms with E-state index >= 15 is 0 Å². The molecule has 0 amide bonds. The zero-order chi connectivity index (χ0) is 14.2. The molecule has 1 unspecified atom stereocenters. The van der Waals surface area contributed by atoms with Crippen molar-refractivity contribution in [3.8, 4) is 0 Å². The first kappa shape index (κ1) is 14.5. The Bertz CT molecular complexity index is 567. The first-order valence-corrected chi connectivity index (χ1v) is 8.06. The molecular formula is C14H22N2O2S. The Morgan fingerprint density at radius 3 is 2.63 bits per heavy atom. The minimum atomic E-state index is -3.35. The molecule has 106 valence electrons. The molecule has 1 aromatic carbocycles. The molecule has 4 nitrogen and oxygen atoms in total. The SMILES string of the molecule is CCC1c2ccc(C)cc2CCN1S(=O)(=O)N(C)C. The second-order valence-electron chi connectivity index (χ2n) is 5.28. The van der Waals surface area contributed by atoms with Gasteiger partial charge in [-0.2, -0.15) is 17.0 Å². The van der Waals surface area contributed by atoms with Gasteiger partial charge in [-0.15, -0.1) is 0 Å². The molecule has 0 aromatic heterocycles. The Balaban J connectivity index is 2.45. The highest BCUT2D eigenvalue weighted by atomic mass is 32.2. The van der Waals surface area contributed by atoms with Crippen LogP contribution in [-0.2, 0) is 16.6 Å². The van der Waals surface area contributed by atoms with E-state index in [1.807, 2.05) is 6.92 Å². The molecule has 1 aliphatic rings. The summed E-state index contributed by atoms with van der Waals surface area (Å²) in [6.07, 6.45) is 1.59. The van der Waals surface area contributed by atoms with Crippen LogP contribution in [0.25, 0.3) is 0 Å². The van der Waals surface area contributed by atoms with Crippen LogP contribution in [0.15, 0.2) is 18.2 Å². The minimum Gasteiger partial charge on any atom is -0.195 e. The monoisotopic (exact) mass is 282 g/mol. The average molecular weight is 282 g/mol. The van der Waals surface area contributed by atoms with E-state index in [1.54, 1.807) is 18.4 Å². The molecule has 0 aliphatic carbocycles. The number of hydrogen-bond donors (Lipinski definition) is 0. The van der Waals surface area contributed by atoms with E-state index in [-0.39, 0.29) is 6.04 Å². The maximum absolute atomic E-state index is 12.4. The Morgan fingerprint density at radius 2 is 2.05 bits per heavy atom. The van der Waals surface area contributed by atoms with Gasteiger partial charge in [0.15, 0.2) is 0 Å². The summed E-state index contributed by atoms with van der Waals surface area (Å²) in [5, 5.41) is 0. The van der Waals surface area contributed by atoms with E-state index in [2.05, 4.69) is 25.1 Å². The normalized spacial score (nSPS) is 20.6. The van der Waals surface area contributed by atoms with Crippen LogP contribution in [0.5, 0.6) is 0 Å². The van der Waals surface area contributed by atoms with Crippen LogP contribution in [0.1, 0.15) is 36.1 Å². The molecule has 19 heavy (non-hydrogen) atoms. The zero-order valence-corrected chi connectivity index (χ0v) is 12.9. The van der Waals surface area contributed by atoms with Crippen molar-refractivity contribution in [2.24, 2.45) is 0 Å². The summed E-state index contributed by atoms with van der Waals surface area (Å²) in [7, 11) is -0.167. The molecule has 0 N–H and O–H groups in total. The third-order valence-corrected chi connectivity index (χ3v) is 5.70. The summed E-state index contributed by atoms with van der Waals surface area (Å²) >= 11 is 0. The summed E-state index contributed by atoms with van der Waals surface area (Å²) in [5.41, 5.74) is 3.68.